The van der Waals surface area contributed by atoms with Crippen LogP contribution in [-0.2, 0) is 10.9 Å². The number of carbonyl (C=O) groups excluding carboxylic acids is 1. The summed E-state index contributed by atoms with van der Waals surface area (Å²) in [6.07, 6.45) is -4.29. The molecule has 1 atom stereocenters. The molecule has 1 amide bonds. The van der Waals surface area contributed by atoms with Crippen LogP contribution in [0.5, 0.6) is 5.88 Å². The topological polar surface area (TPSA) is 67.8 Å². The Kier molecular flexibility index (Phi) is 4.16. The molecule has 2 aliphatic rings. The molecule has 10 heteroatoms. The molecule has 0 spiro atoms. The van der Waals surface area contributed by atoms with Crippen molar-refractivity contribution in [2.75, 3.05) is 31.1 Å². The van der Waals surface area contributed by atoms with Crippen molar-refractivity contribution in [3.8, 4) is 5.88 Å². The summed E-state index contributed by atoms with van der Waals surface area (Å²) >= 11 is 0. The van der Waals surface area contributed by atoms with Crippen LogP contribution in [0.1, 0.15) is 26.5 Å². The van der Waals surface area contributed by atoms with Gasteiger partial charge in [-0.05, 0) is 20.8 Å². The van der Waals surface area contributed by atoms with Gasteiger partial charge in [0.05, 0.1) is 12.2 Å². The molecular formula is C15H19F3N4O3. The van der Waals surface area contributed by atoms with E-state index in [0.29, 0.717) is 25.8 Å². The van der Waals surface area contributed by atoms with Gasteiger partial charge in [-0.3, -0.25) is 0 Å². The maximum atomic E-state index is 12.7. The highest BCUT2D eigenvalue weighted by molar-refractivity contribution is 5.69. The number of alkyl halides is 3. The SMILES string of the molecule is CC(C)(C)OC(=O)N1CCN2c3ncc(C(F)(F)F)nc3OCC2C1. The van der Waals surface area contributed by atoms with Gasteiger partial charge in [0.2, 0.25) is 0 Å². The van der Waals surface area contributed by atoms with Crippen LogP contribution in [0.2, 0.25) is 0 Å². The summed E-state index contributed by atoms with van der Waals surface area (Å²) in [7, 11) is 0. The normalized spacial score (nSPS) is 20.5. The Labute approximate surface area is 142 Å². The summed E-state index contributed by atoms with van der Waals surface area (Å²) in [5.41, 5.74) is -1.68. The number of nitrogens with zero attached hydrogens (tertiary/aromatic N) is 4. The fourth-order valence-electron chi connectivity index (χ4n) is 2.74. The highest BCUT2D eigenvalue weighted by Crippen LogP contribution is 2.35. The molecule has 1 unspecified atom stereocenters. The van der Waals surface area contributed by atoms with Gasteiger partial charge in [0.15, 0.2) is 11.5 Å². The van der Waals surface area contributed by atoms with E-state index in [-0.39, 0.29) is 24.3 Å². The second-order valence-corrected chi connectivity index (χ2v) is 6.97. The van der Waals surface area contributed by atoms with Crippen molar-refractivity contribution < 1.29 is 27.4 Å². The lowest BCUT2D eigenvalue weighted by molar-refractivity contribution is -0.141. The summed E-state index contributed by atoms with van der Waals surface area (Å²) in [5.74, 6) is 0.143. The number of carbonyl (C=O) groups is 1. The average Bonchev–Trinajstić information content (AvgIpc) is 2.51. The first kappa shape index (κ1) is 17.6. The molecular weight excluding hydrogens is 341 g/mol. The molecule has 1 aromatic rings. The number of aromatic nitrogens is 2. The van der Waals surface area contributed by atoms with E-state index < -0.39 is 23.6 Å². The van der Waals surface area contributed by atoms with Crippen LogP contribution in [0.4, 0.5) is 23.8 Å². The fraction of sp³-hybridized carbons (Fsp3) is 0.667. The van der Waals surface area contributed by atoms with Gasteiger partial charge >= 0.3 is 12.3 Å². The minimum absolute atomic E-state index is 0.127. The third-order valence-electron chi connectivity index (χ3n) is 3.83. The van der Waals surface area contributed by atoms with Crippen molar-refractivity contribution in [2.45, 2.75) is 38.6 Å². The third-order valence-corrected chi connectivity index (χ3v) is 3.83. The van der Waals surface area contributed by atoms with E-state index in [0.717, 1.165) is 0 Å². The third kappa shape index (κ3) is 3.72. The summed E-state index contributed by atoms with van der Waals surface area (Å²) in [4.78, 5) is 23.0. The zero-order chi connectivity index (χ0) is 18.4. The maximum absolute atomic E-state index is 12.7. The van der Waals surface area contributed by atoms with Crippen LogP contribution < -0.4 is 9.64 Å². The van der Waals surface area contributed by atoms with E-state index in [1.807, 2.05) is 4.90 Å². The van der Waals surface area contributed by atoms with Gasteiger partial charge in [0, 0.05) is 19.6 Å². The predicted octanol–water partition coefficient (Wildman–Crippen LogP) is 2.31. The molecule has 1 aromatic heterocycles. The van der Waals surface area contributed by atoms with Crippen molar-refractivity contribution >= 4 is 11.9 Å². The number of ether oxygens (including phenoxy) is 2. The Hall–Kier alpha value is -2.26. The molecule has 3 heterocycles. The molecule has 138 valence electrons. The lowest BCUT2D eigenvalue weighted by Crippen LogP contribution is -2.59. The van der Waals surface area contributed by atoms with E-state index in [1.54, 1.807) is 25.7 Å². The van der Waals surface area contributed by atoms with E-state index in [4.69, 9.17) is 9.47 Å². The van der Waals surface area contributed by atoms with Gasteiger partial charge in [0.1, 0.15) is 12.2 Å². The molecule has 0 aliphatic carbocycles. The van der Waals surface area contributed by atoms with Gasteiger partial charge in [-0.1, -0.05) is 0 Å². The maximum Gasteiger partial charge on any atom is 0.435 e. The number of rotatable bonds is 0. The molecule has 0 saturated carbocycles. The van der Waals surface area contributed by atoms with Crippen LogP contribution in [0.15, 0.2) is 6.20 Å². The monoisotopic (exact) mass is 360 g/mol. The van der Waals surface area contributed by atoms with Crippen molar-refractivity contribution in [1.29, 1.82) is 0 Å². The molecule has 0 N–H and O–H groups in total. The van der Waals surface area contributed by atoms with E-state index in [9.17, 15) is 18.0 Å². The summed E-state index contributed by atoms with van der Waals surface area (Å²) in [5, 5.41) is 0. The molecule has 0 aromatic carbocycles. The quantitative estimate of drug-likeness (QED) is 0.707. The molecule has 25 heavy (non-hydrogen) atoms. The molecule has 7 nitrogen and oxygen atoms in total. The second-order valence-electron chi connectivity index (χ2n) is 6.97. The first-order valence-corrected chi connectivity index (χ1v) is 7.86. The highest BCUT2D eigenvalue weighted by atomic mass is 19.4. The van der Waals surface area contributed by atoms with Crippen molar-refractivity contribution in [1.82, 2.24) is 14.9 Å². The predicted molar refractivity (Wildman–Crippen MR) is 81.5 cm³/mol. The Morgan fingerprint density at radius 2 is 2.04 bits per heavy atom. The Balaban J connectivity index is 1.74. The molecule has 3 rings (SSSR count). The van der Waals surface area contributed by atoms with Crippen molar-refractivity contribution in [2.24, 2.45) is 0 Å². The van der Waals surface area contributed by atoms with Crippen molar-refractivity contribution in [3.63, 3.8) is 0 Å². The number of hydrogen-bond acceptors (Lipinski definition) is 6. The van der Waals surface area contributed by atoms with Gasteiger partial charge in [-0.25, -0.2) is 14.8 Å². The summed E-state index contributed by atoms with van der Waals surface area (Å²) in [6, 6.07) is -0.209. The standard InChI is InChI=1S/C15H19F3N4O3/c1-14(2,3)25-13(23)21-4-5-22-9(7-21)8-24-12-11(22)19-6-10(20-12)15(16,17)18/h6,9H,4-5,7-8H2,1-3H3. The minimum atomic E-state index is -4.57. The number of piperazine rings is 1. The van der Waals surface area contributed by atoms with E-state index in [2.05, 4.69) is 9.97 Å². The lowest BCUT2D eigenvalue weighted by Gasteiger charge is -2.44. The first-order chi connectivity index (χ1) is 11.5. The Morgan fingerprint density at radius 3 is 2.68 bits per heavy atom. The molecule has 1 saturated heterocycles. The van der Waals surface area contributed by atoms with Crippen LogP contribution in [0.25, 0.3) is 0 Å². The van der Waals surface area contributed by atoms with Gasteiger partial charge in [0.25, 0.3) is 5.88 Å². The Bertz CT molecular complexity index is 675. The first-order valence-electron chi connectivity index (χ1n) is 7.86. The molecule has 0 radical (unpaired) electrons. The van der Waals surface area contributed by atoms with Gasteiger partial charge < -0.3 is 19.3 Å². The largest absolute Gasteiger partial charge is 0.473 e. The van der Waals surface area contributed by atoms with Crippen LogP contribution >= 0.6 is 0 Å². The van der Waals surface area contributed by atoms with Gasteiger partial charge in [-0.2, -0.15) is 13.2 Å². The number of hydrogen-bond donors (Lipinski definition) is 0. The van der Waals surface area contributed by atoms with E-state index in [1.165, 1.54) is 0 Å². The zero-order valence-corrected chi connectivity index (χ0v) is 14.1. The summed E-state index contributed by atoms with van der Waals surface area (Å²) in [6.45, 7) is 6.63. The molecule has 1 fully saturated rings. The highest BCUT2D eigenvalue weighted by Gasteiger charge is 2.40. The number of halogens is 3. The average molecular weight is 360 g/mol. The molecule has 2 aliphatic heterocycles. The lowest BCUT2D eigenvalue weighted by atomic mass is 10.1. The fourth-order valence-corrected chi connectivity index (χ4v) is 2.74. The minimum Gasteiger partial charge on any atom is -0.473 e. The number of anilines is 1. The van der Waals surface area contributed by atoms with Crippen LogP contribution in [-0.4, -0.2) is 58.8 Å². The summed E-state index contributed by atoms with van der Waals surface area (Å²) < 4.78 is 48.9. The van der Waals surface area contributed by atoms with E-state index >= 15 is 0 Å². The molecule has 0 bridgehead atoms. The van der Waals surface area contributed by atoms with Crippen LogP contribution in [0, 0.1) is 0 Å². The smallest absolute Gasteiger partial charge is 0.435 e. The van der Waals surface area contributed by atoms with Gasteiger partial charge in [-0.15, -0.1) is 0 Å². The Morgan fingerprint density at radius 1 is 1.32 bits per heavy atom. The second kappa shape index (κ2) is 5.92. The number of amides is 1. The van der Waals surface area contributed by atoms with Crippen LogP contribution in [0.3, 0.4) is 0 Å². The zero-order valence-electron chi connectivity index (χ0n) is 14.1. The van der Waals surface area contributed by atoms with Crippen molar-refractivity contribution in [3.05, 3.63) is 11.9 Å². The number of fused-ring (bicyclic) bond motifs is 3.